The van der Waals surface area contributed by atoms with Gasteiger partial charge < -0.3 is 19.7 Å². The lowest BCUT2D eigenvalue weighted by molar-refractivity contribution is -0.134. The van der Waals surface area contributed by atoms with Crippen molar-refractivity contribution in [2.24, 2.45) is 5.92 Å². The minimum Gasteiger partial charge on any atom is -0.484 e. The molecule has 6 nitrogen and oxygen atoms in total. The molecule has 1 saturated heterocycles. The summed E-state index contributed by atoms with van der Waals surface area (Å²) >= 11 is 0. The van der Waals surface area contributed by atoms with E-state index in [1.54, 1.807) is 0 Å². The number of piperidine rings is 1. The van der Waals surface area contributed by atoms with Crippen molar-refractivity contribution in [1.82, 2.24) is 10.2 Å². The van der Waals surface area contributed by atoms with Crippen molar-refractivity contribution in [2.75, 3.05) is 26.2 Å². The van der Waals surface area contributed by atoms with Crippen molar-refractivity contribution >= 4 is 12.0 Å². The number of amides is 2. The van der Waals surface area contributed by atoms with Crippen LogP contribution < -0.4 is 10.1 Å². The summed E-state index contributed by atoms with van der Waals surface area (Å²) in [5.41, 5.74) is 0.669. The lowest BCUT2D eigenvalue weighted by Crippen LogP contribution is -2.43. The Morgan fingerprint density at radius 1 is 1.15 bits per heavy atom. The first-order chi connectivity index (χ1) is 12.2. The molecule has 0 bridgehead atoms. The van der Waals surface area contributed by atoms with Gasteiger partial charge in [0.1, 0.15) is 11.4 Å². The maximum atomic E-state index is 12.3. The van der Waals surface area contributed by atoms with Gasteiger partial charge in [0.05, 0.1) is 0 Å². The Bertz CT molecular complexity index is 599. The number of aryl methyl sites for hydroxylation is 1. The highest BCUT2D eigenvalue weighted by Gasteiger charge is 2.24. The SMILES string of the molecule is Cc1ccc(OCC(=O)N2CCC(CNC(=O)OC(C)(C)C)CC2)cc1. The molecule has 1 aliphatic rings. The molecule has 0 spiro atoms. The Labute approximate surface area is 155 Å². The molecule has 1 fully saturated rings. The number of nitrogens with one attached hydrogen (secondary N) is 1. The topological polar surface area (TPSA) is 67.9 Å². The van der Waals surface area contributed by atoms with Gasteiger partial charge in [-0.2, -0.15) is 0 Å². The Morgan fingerprint density at radius 3 is 2.35 bits per heavy atom. The molecule has 2 rings (SSSR count). The summed E-state index contributed by atoms with van der Waals surface area (Å²) in [6.07, 6.45) is 1.35. The molecule has 26 heavy (non-hydrogen) atoms. The van der Waals surface area contributed by atoms with E-state index >= 15 is 0 Å². The first kappa shape index (κ1) is 20.1. The monoisotopic (exact) mass is 362 g/mol. The van der Waals surface area contributed by atoms with Gasteiger partial charge in [0, 0.05) is 19.6 Å². The Morgan fingerprint density at radius 2 is 1.77 bits per heavy atom. The normalized spacial score (nSPS) is 15.5. The van der Waals surface area contributed by atoms with Crippen LogP contribution >= 0.6 is 0 Å². The molecule has 1 aliphatic heterocycles. The van der Waals surface area contributed by atoms with Crippen LogP contribution in [0.25, 0.3) is 0 Å². The van der Waals surface area contributed by atoms with Crippen LogP contribution in [0.2, 0.25) is 0 Å². The van der Waals surface area contributed by atoms with Crippen molar-refractivity contribution in [3.8, 4) is 5.75 Å². The van der Waals surface area contributed by atoms with E-state index in [1.807, 2.05) is 56.9 Å². The summed E-state index contributed by atoms with van der Waals surface area (Å²) in [6, 6.07) is 7.67. The van der Waals surface area contributed by atoms with Crippen LogP contribution in [0, 0.1) is 12.8 Å². The summed E-state index contributed by atoms with van der Waals surface area (Å²) in [5, 5.41) is 2.81. The minimum absolute atomic E-state index is 0.00382. The molecule has 1 N–H and O–H groups in total. The van der Waals surface area contributed by atoms with Crippen molar-refractivity contribution < 1.29 is 19.1 Å². The summed E-state index contributed by atoms with van der Waals surface area (Å²) in [6.45, 7) is 9.56. The zero-order chi connectivity index (χ0) is 19.2. The Hall–Kier alpha value is -2.24. The van der Waals surface area contributed by atoms with Crippen LogP contribution in [0.3, 0.4) is 0 Å². The third-order valence-corrected chi connectivity index (χ3v) is 4.28. The average molecular weight is 362 g/mol. The molecule has 0 radical (unpaired) electrons. The third kappa shape index (κ3) is 6.94. The molecule has 1 aromatic rings. The second-order valence-corrected chi connectivity index (χ2v) is 7.81. The van der Waals surface area contributed by atoms with Gasteiger partial charge in [-0.1, -0.05) is 17.7 Å². The summed E-state index contributed by atoms with van der Waals surface area (Å²) in [5.74, 6) is 1.08. The standard InChI is InChI=1S/C20H30N2O4/c1-15-5-7-17(8-6-15)25-14-18(23)22-11-9-16(10-12-22)13-21-19(24)26-20(2,3)4/h5-8,16H,9-14H2,1-4H3,(H,21,24). The molecule has 0 aromatic heterocycles. The highest BCUT2D eigenvalue weighted by Crippen LogP contribution is 2.18. The van der Waals surface area contributed by atoms with Crippen molar-refractivity contribution in [1.29, 1.82) is 0 Å². The smallest absolute Gasteiger partial charge is 0.407 e. The predicted octanol–water partition coefficient (Wildman–Crippen LogP) is 3.14. The molecule has 2 amide bonds. The number of benzene rings is 1. The van der Waals surface area contributed by atoms with Gasteiger partial charge in [0.2, 0.25) is 0 Å². The maximum Gasteiger partial charge on any atom is 0.407 e. The third-order valence-electron chi connectivity index (χ3n) is 4.28. The Kier molecular flexibility index (Phi) is 6.89. The van der Waals surface area contributed by atoms with Crippen molar-refractivity contribution in [3.63, 3.8) is 0 Å². The zero-order valence-corrected chi connectivity index (χ0v) is 16.2. The second-order valence-electron chi connectivity index (χ2n) is 7.81. The van der Waals surface area contributed by atoms with Crippen LogP contribution in [0.15, 0.2) is 24.3 Å². The van der Waals surface area contributed by atoms with Gasteiger partial charge in [-0.05, 0) is 58.6 Å². The van der Waals surface area contributed by atoms with Crippen molar-refractivity contribution in [3.05, 3.63) is 29.8 Å². The van der Waals surface area contributed by atoms with E-state index < -0.39 is 5.60 Å². The number of carbonyl (C=O) groups excluding carboxylic acids is 2. The molecule has 1 aromatic carbocycles. The first-order valence-electron chi connectivity index (χ1n) is 9.17. The second kappa shape index (κ2) is 8.92. The van der Waals surface area contributed by atoms with E-state index in [2.05, 4.69) is 5.32 Å². The number of alkyl carbamates (subject to hydrolysis) is 1. The molecule has 0 atom stereocenters. The van der Waals surface area contributed by atoms with E-state index in [0.717, 1.165) is 18.4 Å². The summed E-state index contributed by atoms with van der Waals surface area (Å²) < 4.78 is 10.8. The largest absolute Gasteiger partial charge is 0.484 e. The molecule has 1 heterocycles. The Balaban J connectivity index is 1.66. The molecule has 0 aliphatic carbocycles. The maximum absolute atomic E-state index is 12.3. The molecular formula is C20H30N2O4. The lowest BCUT2D eigenvalue weighted by Gasteiger charge is -2.32. The van der Waals surface area contributed by atoms with Crippen LogP contribution in [-0.2, 0) is 9.53 Å². The fraction of sp³-hybridized carbons (Fsp3) is 0.600. The lowest BCUT2D eigenvalue weighted by atomic mass is 9.97. The number of carbonyl (C=O) groups is 2. The first-order valence-corrected chi connectivity index (χ1v) is 9.17. The fourth-order valence-electron chi connectivity index (χ4n) is 2.80. The van der Waals surface area contributed by atoms with E-state index in [-0.39, 0.29) is 18.6 Å². The molecule has 6 heteroatoms. The van der Waals surface area contributed by atoms with Crippen LogP contribution in [-0.4, -0.2) is 48.7 Å². The van der Waals surface area contributed by atoms with Crippen molar-refractivity contribution in [2.45, 2.75) is 46.1 Å². The molecular weight excluding hydrogens is 332 g/mol. The van der Waals surface area contributed by atoms with Gasteiger partial charge in [0.25, 0.3) is 5.91 Å². The fourth-order valence-corrected chi connectivity index (χ4v) is 2.80. The average Bonchev–Trinajstić information content (AvgIpc) is 2.58. The van der Waals surface area contributed by atoms with Gasteiger partial charge >= 0.3 is 6.09 Å². The van der Waals surface area contributed by atoms with Gasteiger partial charge in [-0.15, -0.1) is 0 Å². The van der Waals surface area contributed by atoms with E-state index in [4.69, 9.17) is 9.47 Å². The molecule has 144 valence electrons. The van der Waals surface area contributed by atoms with Crippen LogP contribution in [0.4, 0.5) is 4.79 Å². The van der Waals surface area contributed by atoms with Gasteiger partial charge in [-0.25, -0.2) is 4.79 Å². The number of nitrogens with zero attached hydrogens (tertiary/aromatic N) is 1. The highest BCUT2D eigenvalue weighted by molar-refractivity contribution is 5.77. The summed E-state index contributed by atoms with van der Waals surface area (Å²) in [7, 11) is 0. The zero-order valence-electron chi connectivity index (χ0n) is 16.2. The number of ether oxygens (including phenoxy) is 2. The van der Waals surface area contributed by atoms with Crippen LogP contribution in [0.1, 0.15) is 39.2 Å². The number of hydrogen-bond acceptors (Lipinski definition) is 4. The molecule has 0 unspecified atom stereocenters. The minimum atomic E-state index is -0.489. The summed E-state index contributed by atoms with van der Waals surface area (Å²) in [4.78, 5) is 25.8. The number of likely N-dealkylation sites (tertiary alicyclic amines) is 1. The molecule has 0 saturated carbocycles. The quantitative estimate of drug-likeness (QED) is 0.874. The highest BCUT2D eigenvalue weighted by atomic mass is 16.6. The van der Waals surface area contributed by atoms with E-state index in [1.165, 1.54) is 0 Å². The number of rotatable bonds is 5. The predicted molar refractivity (Wildman–Crippen MR) is 100 cm³/mol. The van der Waals surface area contributed by atoms with E-state index in [9.17, 15) is 9.59 Å². The number of hydrogen-bond donors (Lipinski definition) is 1. The van der Waals surface area contributed by atoms with Gasteiger partial charge in [-0.3, -0.25) is 4.79 Å². The van der Waals surface area contributed by atoms with E-state index in [0.29, 0.717) is 31.3 Å². The van der Waals surface area contributed by atoms with Crippen LogP contribution in [0.5, 0.6) is 5.75 Å². The van der Waals surface area contributed by atoms with Gasteiger partial charge in [0.15, 0.2) is 6.61 Å².